The molecule has 1 aromatic heterocycles. The lowest BCUT2D eigenvalue weighted by Crippen LogP contribution is -2.36. The van der Waals surface area contributed by atoms with E-state index in [9.17, 15) is 5.11 Å². The molecule has 1 heterocycles. The molecule has 0 aliphatic heterocycles. The maximum Gasteiger partial charge on any atom is 0.171 e. The lowest BCUT2D eigenvalue weighted by Gasteiger charge is -2.20. The van der Waals surface area contributed by atoms with Gasteiger partial charge in [-0.25, -0.2) is 0 Å². The Morgan fingerprint density at radius 2 is 1.78 bits per heavy atom. The van der Waals surface area contributed by atoms with Crippen LogP contribution in [0.25, 0.3) is 10.5 Å². The van der Waals surface area contributed by atoms with E-state index in [1.165, 1.54) is 60.8 Å². The highest BCUT2D eigenvalue weighted by atomic mass is 32.1. The van der Waals surface area contributed by atoms with Crippen molar-refractivity contribution in [2.45, 2.75) is 70.2 Å². The van der Waals surface area contributed by atoms with Crippen LogP contribution in [0.4, 0.5) is 5.69 Å². The number of thiocarbonyl (C=S) groups is 1. The molecule has 0 radical (unpaired) electrons. The molecule has 0 bridgehead atoms. The fourth-order valence-electron chi connectivity index (χ4n) is 4.69. The van der Waals surface area contributed by atoms with Crippen molar-refractivity contribution in [2.75, 3.05) is 5.32 Å². The Bertz CT molecular complexity index is 1070. The van der Waals surface area contributed by atoms with Crippen LogP contribution in [0.2, 0.25) is 0 Å². The average molecular weight is 466 g/mol. The Morgan fingerprint density at radius 3 is 2.66 bits per heavy atom. The van der Waals surface area contributed by atoms with E-state index in [0.29, 0.717) is 11.5 Å². The highest BCUT2D eigenvalue weighted by Crippen LogP contribution is 2.42. The second-order valence-corrected chi connectivity index (χ2v) is 11.3. The highest BCUT2D eigenvalue weighted by Gasteiger charge is 2.31. The van der Waals surface area contributed by atoms with Crippen LogP contribution >= 0.6 is 19.8 Å². The number of benzene rings is 2. The molecule has 3 atom stereocenters. The number of nitrogens with one attached hydrogen (secondary N) is 2. The molecule has 0 fully saturated rings. The predicted octanol–water partition coefficient (Wildman–Crippen LogP) is 7.41. The number of rotatable bonds is 9. The Balaban J connectivity index is 1.44. The molecule has 5 heteroatoms. The van der Waals surface area contributed by atoms with E-state index < -0.39 is 6.10 Å². The molecule has 0 saturated heterocycles. The molecule has 3 aromatic rings. The highest BCUT2D eigenvalue weighted by molar-refractivity contribution is 7.80. The molecule has 1 unspecified atom stereocenters. The Morgan fingerprint density at radius 1 is 1.03 bits per heavy atom. The van der Waals surface area contributed by atoms with E-state index in [2.05, 4.69) is 65.8 Å². The number of aryl methyl sites for hydroxylation is 1. The van der Waals surface area contributed by atoms with Gasteiger partial charge in [-0.2, -0.15) is 0 Å². The number of hydrogen-bond donors (Lipinski definition) is 3. The molecule has 0 spiro atoms. The van der Waals surface area contributed by atoms with E-state index in [0.717, 1.165) is 11.3 Å². The molecule has 0 saturated carbocycles. The zero-order valence-electron chi connectivity index (χ0n) is 18.9. The Hall–Kier alpha value is -2.00. The summed E-state index contributed by atoms with van der Waals surface area (Å²) in [5, 5.41) is 20.7. The molecule has 168 valence electrons. The number of anilines is 1. The van der Waals surface area contributed by atoms with Crippen LogP contribution in [-0.4, -0.2) is 16.3 Å². The summed E-state index contributed by atoms with van der Waals surface area (Å²) in [6.45, 7) is 2.27. The molecule has 0 amide bonds. The summed E-state index contributed by atoms with van der Waals surface area (Å²) in [6, 6.07) is 19.0. The van der Waals surface area contributed by atoms with E-state index in [1.807, 2.05) is 12.1 Å². The van der Waals surface area contributed by atoms with Gasteiger partial charge in [0.1, 0.15) is 19.5 Å². The number of hydrogen-bond acceptors (Lipinski definition) is 2. The Kier molecular flexibility index (Phi) is 8.13. The minimum atomic E-state index is -0.456. The summed E-state index contributed by atoms with van der Waals surface area (Å²) in [5.41, 5.74) is 3.40. The van der Waals surface area contributed by atoms with Gasteiger partial charge in [-0.3, -0.25) is 0 Å². The van der Waals surface area contributed by atoms with Crippen LogP contribution in [0, 0.1) is 0 Å². The van der Waals surface area contributed by atoms with Crippen LogP contribution in [0.5, 0.6) is 0 Å². The first-order valence-corrected chi connectivity index (χ1v) is 13.9. The first-order chi connectivity index (χ1) is 15.7. The molecular weight excluding hydrogens is 431 g/mol. The number of unbranched alkanes of at least 4 members (excludes halogenated alkanes) is 5. The fraction of sp³-hybridized carbons (Fsp3) is 0.407. The van der Waals surface area contributed by atoms with E-state index in [-0.39, 0.29) is 13.6 Å². The zero-order valence-corrected chi connectivity index (χ0v) is 20.6. The maximum absolute atomic E-state index is 10.5. The van der Waals surface area contributed by atoms with Crippen LogP contribution in [0.3, 0.4) is 0 Å². The third-order valence-corrected chi connectivity index (χ3v) is 8.99. The SMILES string of the molecule is CCCCCCCC[p+]1cc(NC(=S)N[C@@H]2c3ccccc3C[C@@H]2O)cc2ccccc21. The van der Waals surface area contributed by atoms with Gasteiger partial charge in [-0.05, 0) is 48.3 Å². The van der Waals surface area contributed by atoms with Crippen molar-refractivity contribution in [1.29, 1.82) is 0 Å². The van der Waals surface area contributed by atoms with Crippen molar-refractivity contribution >= 4 is 41.1 Å². The number of fused-ring (bicyclic) bond motifs is 2. The Labute approximate surface area is 198 Å². The largest absolute Gasteiger partial charge is 0.390 e. The maximum atomic E-state index is 10.5. The molecule has 32 heavy (non-hydrogen) atoms. The second kappa shape index (κ2) is 11.2. The van der Waals surface area contributed by atoms with Gasteiger partial charge in [0.15, 0.2) is 10.2 Å². The van der Waals surface area contributed by atoms with Gasteiger partial charge in [0.05, 0.1) is 17.8 Å². The molecule has 1 aliphatic carbocycles. The lowest BCUT2D eigenvalue weighted by atomic mass is 10.1. The molecule has 3 N–H and O–H groups in total. The summed E-state index contributed by atoms with van der Waals surface area (Å²) < 4.78 is 0. The van der Waals surface area contributed by atoms with Crippen molar-refractivity contribution in [1.82, 2.24) is 5.32 Å². The monoisotopic (exact) mass is 465 g/mol. The van der Waals surface area contributed by atoms with Crippen molar-refractivity contribution in [3.05, 3.63) is 71.5 Å². The third kappa shape index (κ3) is 5.67. The van der Waals surface area contributed by atoms with Gasteiger partial charge in [0.2, 0.25) is 0 Å². The van der Waals surface area contributed by atoms with E-state index >= 15 is 0 Å². The predicted molar refractivity (Wildman–Crippen MR) is 143 cm³/mol. The minimum Gasteiger partial charge on any atom is -0.390 e. The molecule has 3 nitrogen and oxygen atoms in total. The van der Waals surface area contributed by atoms with Crippen LogP contribution in [0.1, 0.15) is 62.6 Å². The molecule has 4 rings (SSSR count). The van der Waals surface area contributed by atoms with Gasteiger partial charge in [-0.1, -0.05) is 75.1 Å². The summed E-state index contributed by atoms with van der Waals surface area (Å²) in [5.74, 6) is 2.39. The summed E-state index contributed by atoms with van der Waals surface area (Å²) in [6.07, 6.45) is 9.39. The van der Waals surface area contributed by atoms with Gasteiger partial charge < -0.3 is 15.7 Å². The van der Waals surface area contributed by atoms with Crippen LogP contribution in [0.15, 0.2) is 60.4 Å². The van der Waals surface area contributed by atoms with Crippen LogP contribution < -0.4 is 10.6 Å². The first-order valence-electron chi connectivity index (χ1n) is 11.9. The zero-order chi connectivity index (χ0) is 22.3. The number of aliphatic hydroxyl groups excluding tert-OH is 1. The van der Waals surface area contributed by atoms with Crippen LogP contribution in [-0.2, 0) is 12.6 Å². The summed E-state index contributed by atoms with van der Waals surface area (Å²) in [4.78, 5) is 0. The number of aliphatic hydroxyl groups is 1. The fourth-order valence-corrected chi connectivity index (χ4v) is 7.23. The normalized spacial score (nSPS) is 17.9. The van der Waals surface area contributed by atoms with Gasteiger partial charge >= 0.3 is 0 Å². The quantitative estimate of drug-likeness (QED) is 0.227. The lowest BCUT2D eigenvalue weighted by molar-refractivity contribution is 0.151. The smallest absolute Gasteiger partial charge is 0.171 e. The second-order valence-electron chi connectivity index (χ2n) is 8.80. The van der Waals surface area contributed by atoms with Gasteiger partial charge in [-0.15, -0.1) is 0 Å². The summed E-state index contributed by atoms with van der Waals surface area (Å²) >= 11 is 5.65. The molecule has 2 aromatic carbocycles. The third-order valence-electron chi connectivity index (χ3n) is 6.35. The average Bonchev–Trinajstić information content (AvgIpc) is 3.11. The summed E-state index contributed by atoms with van der Waals surface area (Å²) in [7, 11) is -0.341. The minimum absolute atomic E-state index is 0.160. The van der Waals surface area contributed by atoms with E-state index in [4.69, 9.17) is 12.2 Å². The first kappa shape index (κ1) is 23.2. The van der Waals surface area contributed by atoms with Crippen molar-refractivity contribution in [3.8, 4) is 0 Å². The van der Waals surface area contributed by atoms with Gasteiger partial charge in [0.25, 0.3) is 0 Å². The van der Waals surface area contributed by atoms with E-state index in [1.54, 1.807) is 0 Å². The molecular formula is C27H34N2OPS+. The van der Waals surface area contributed by atoms with Crippen molar-refractivity contribution in [2.24, 2.45) is 0 Å². The van der Waals surface area contributed by atoms with Crippen molar-refractivity contribution < 1.29 is 5.11 Å². The van der Waals surface area contributed by atoms with Gasteiger partial charge in [0, 0.05) is 11.8 Å². The topological polar surface area (TPSA) is 44.3 Å². The standard InChI is InChI=1S/C27H33N2OPS/c1-2-3-4-5-6-11-16-31-19-22(17-21-13-8-10-15-25(21)31)28-27(32)29-26-23-14-9-7-12-20(23)18-24(26)30/h7-10,12-15,17,19,24,26,30H,2-6,11,16,18H2,1H3,(H-,28,29,32)/p+1/t24-,26+/m0/s1. The van der Waals surface area contributed by atoms with Crippen molar-refractivity contribution in [3.63, 3.8) is 0 Å². The molecule has 1 aliphatic rings.